The van der Waals surface area contributed by atoms with Crippen LogP contribution in [-0.4, -0.2) is 17.8 Å². The first-order chi connectivity index (χ1) is 14.6. The molecule has 5 aliphatic rings. The first kappa shape index (κ1) is 17.6. The molecule has 30 heavy (non-hydrogen) atoms. The number of rotatable bonds is 4. The van der Waals surface area contributed by atoms with E-state index in [1.54, 1.807) is 24.3 Å². The van der Waals surface area contributed by atoms with Crippen molar-refractivity contribution >= 4 is 23.5 Å². The summed E-state index contributed by atoms with van der Waals surface area (Å²) >= 11 is 0. The minimum absolute atomic E-state index is 0.109. The second-order valence-corrected chi connectivity index (χ2v) is 8.80. The number of benzene rings is 2. The summed E-state index contributed by atoms with van der Waals surface area (Å²) in [5, 5.41) is 0. The fraction of sp³-hybridized carbons (Fsp3) is 0.320. The molecule has 2 aromatic carbocycles. The summed E-state index contributed by atoms with van der Waals surface area (Å²) in [6.07, 6.45) is 5.63. The number of esters is 1. The highest BCUT2D eigenvalue weighted by Crippen LogP contribution is 2.65. The lowest BCUT2D eigenvalue weighted by molar-refractivity contribution is -0.133. The normalized spacial score (nSPS) is 32.7. The third-order valence-corrected chi connectivity index (χ3v) is 7.16. The molecular weight excluding hydrogens is 378 g/mol. The number of amides is 2. The van der Waals surface area contributed by atoms with E-state index in [2.05, 4.69) is 12.2 Å². The first-order valence-electron chi connectivity index (χ1n) is 10.5. The summed E-state index contributed by atoms with van der Waals surface area (Å²) in [7, 11) is 0. The minimum Gasteiger partial charge on any atom is -0.426 e. The molecule has 2 amide bonds. The Morgan fingerprint density at radius 1 is 0.900 bits per heavy atom. The van der Waals surface area contributed by atoms with Gasteiger partial charge >= 0.3 is 5.97 Å². The molecule has 0 spiro atoms. The van der Waals surface area contributed by atoms with E-state index in [4.69, 9.17) is 4.74 Å². The molecule has 0 aromatic heterocycles. The summed E-state index contributed by atoms with van der Waals surface area (Å²) in [5.41, 5.74) is 1.35. The minimum atomic E-state index is -0.381. The van der Waals surface area contributed by atoms with E-state index >= 15 is 0 Å². The average molecular weight is 399 g/mol. The number of imide groups is 1. The Morgan fingerprint density at radius 3 is 2.23 bits per heavy atom. The smallest absolute Gasteiger partial charge is 0.315 e. The molecular formula is C25H21NO4. The predicted molar refractivity (Wildman–Crippen MR) is 109 cm³/mol. The summed E-state index contributed by atoms with van der Waals surface area (Å²) in [5.74, 6) is 0.801. The van der Waals surface area contributed by atoms with Crippen molar-refractivity contribution in [2.45, 2.75) is 12.8 Å². The molecule has 2 aromatic rings. The molecule has 150 valence electrons. The van der Waals surface area contributed by atoms with Crippen LogP contribution in [0.3, 0.4) is 0 Å². The Balaban J connectivity index is 1.23. The highest BCUT2D eigenvalue weighted by molar-refractivity contribution is 6.22. The number of ether oxygens (including phenoxy) is 1. The maximum Gasteiger partial charge on any atom is 0.315 e. The van der Waals surface area contributed by atoms with Crippen LogP contribution in [-0.2, 0) is 20.8 Å². The van der Waals surface area contributed by atoms with E-state index in [1.807, 2.05) is 30.3 Å². The van der Waals surface area contributed by atoms with Gasteiger partial charge in [-0.05, 0) is 47.8 Å². The van der Waals surface area contributed by atoms with Crippen LogP contribution in [0.15, 0.2) is 66.7 Å². The fourth-order valence-corrected chi connectivity index (χ4v) is 5.83. The van der Waals surface area contributed by atoms with Crippen molar-refractivity contribution in [2.24, 2.45) is 35.5 Å². The van der Waals surface area contributed by atoms with Gasteiger partial charge in [0, 0.05) is 6.07 Å². The van der Waals surface area contributed by atoms with E-state index in [1.165, 1.54) is 4.90 Å². The molecule has 2 saturated carbocycles. The second-order valence-electron chi connectivity index (χ2n) is 8.80. The lowest BCUT2D eigenvalue weighted by Crippen LogP contribution is -2.40. The van der Waals surface area contributed by atoms with Crippen LogP contribution < -0.4 is 9.64 Å². The Bertz CT molecular complexity index is 1060. The van der Waals surface area contributed by atoms with Crippen molar-refractivity contribution in [3.8, 4) is 5.75 Å². The molecule has 0 unspecified atom stereocenters. The van der Waals surface area contributed by atoms with E-state index < -0.39 is 0 Å². The average Bonchev–Trinajstić information content (AvgIpc) is 3.52. The van der Waals surface area contributed by atoms with Crippen molar-refractivity contribution < 1.29 is 19.1 Å². The van der Waals surface area contributed by atoms with Gasteiger partial charge in [0.05, 0.1) is 23.9 Å². The van der Waals surface area contributed by atoms with Crippen molar-refractivity contribution in [1.29, 1.82) is 0 Å². The van der Waals surface area contributed by atoms with Crippen LogP contribution in [0, 0.1) is 35.5 Å². The number of carbonyl (C=O) groups excluding carboxylic acids is 3. The molecule has 7 rings (SSSR count). The van der Waals surface area contributed by atoms with Gasteiger partial charge in [-0.2, -0.15) is 0 Å². The van der Waals surface area contributed by atoms with Gasteiger partial charge in [-0.3, -0.25) is 14.4 Å². The van der Waals surface area contributed by atoms with Crippen LogP contribution in [0.4, 0.5) is 5.69 Å². The molecule has 1 saturated heterocycles. The number of allylic oxidation sites excluding steroid dienone is 2. The van der Waals surface area contributed by atoms with Crippen LogP contribution in [0.5, 0.6) is 5.75 Å². The van der Waals surface area contributed by atoms with Crippen molar-refractivity contribution in [2.75, 3.05) is 4.90 Å². The molecule has 5 nitrogen and oxygen atoms in total. The highest BCUT2D eigenvalue weighted by Gasteiger charge is 2.67. The van der Waals surface area contributed by atoms with Gasteiger partial charge in [-0.25, -0.2) is 4.90 Å². The van der Waals surface area contributed by atoms with Gasteiger partial charge in [0.2, 0.25) is 11.8 Å². The van der Waals surface area contributed by atoms with Gasteiger partial charge in [0.15, 0.2) is 0 Å². The molecule has 4 aliphatic carbocycles. The monoisotopic (exact) mass is 399 g/mol. The maximum atomic E-state index is 13.2. The van der Waals surface area contributed by atoms with E-state index in [0.717, 1.165) is 12.0 Å². The fourth-order valence-electron chi connectivity index (χ4n) is 5.83. The zero-order valence-corrected chi connectivity index (χ0v) is 16.3. The highest BCUT2D eigenvalue weighted by atomic mass is 16.5. The molecule has 6 atom stereocenters. The molecule has 2 bridgehead atoms. The third-order valence-electron chi connectivity index (χ3n) is 7.16. The number of nitrogens with zero attached hydrogens (tertiary/aromatic N) is 1. The molecule has 3 fully saturated rings. The summed E-state index contributed by atoms with van der Waals surface area (Å²) in [4.78, 5) is 40.1. The number of hydrogen-bond donors (Lipinski definition) is 0. The zero-order valence-electron chi connectivity index (χ0n) is 16.3. The number of carbonyl (C=O) groups is 3. The number of anilines is 1. The van der Waals surface area contributed by atoms with Gasteiger partial charge in [-0.1, -0.05) is 48.6 Å². The summed E-state index contributed by atoms with van der Waals surface area (Å²) in [6, 6.07) is 16.1. The van der Waals surface area contributed by atoms with E-state index in [9.17, 15) is 14.4 Å². The zero-order chi connectivity index (χ0) is 20.4. The summed E-state index contributed by atoms with van der Waals surface area (Å²) < 4.78 is 5.49. The standard InChI is InChI=1S/C25H21NO4/c27-21(11-14-5-2-1-3-6-14)30-16-8-4-7-15(12-16)26-24(28)22-17-9-10-18(20-13-19(17)20)23(22)25(26)29/h1-10,12,17-20,22-23H,11,13H2/t17-,18-,19-,20-,22-,23+/m1/s1. The quantitative estimate of drug-likeness (QED) is 0.342. The summed E-state index contributed by atoms with van der Waals surface area (Å²) in [6.45, 7) is 0. The lowest BCUT2D eigenvalue weighted by atomic mass is 9.63. The van der Waals surface area contributed by atoms with E-state index in [-0.39, 0.29) is 47.9 Å². The van der Waals surface area contributed by atoms with E-state index in [0.29, 0.717) is 23.3 Å². The second kappa shape index (κ2) is 6.39. The van der Waals surface area contributed by atoms with Crippen molar-refractivity contribution in [3.63, 3.8) is 0 Å². The van der Waals surface area contributed by atoms with Crippen LogP contribution in [0.25, 0.3) is 0 Å². The Hall–Kier alpha value is -3.21. The van der Waals surface area contributed by atoms with Gasteiger partial charge < -0.3 is 4.74 Å². The molecule has 5 heteroatoms. The van der Waals surface area contributed by atoms with Crippen molar-refractivity contribution in [3.05, 3.63) is 72.3 Å². The molecule has 1 heterocycles. The van der Waals surface area contributed by atoms with Crippen molar-refractivity contribution in [1.82, 2.24) is 0 Å². The first-order valence-corrected chi connectivity index (χ1v) is 10.5. The molecule has 0 N–H and O–H groups in total. The number of hydrogen-bond acceptors (Lipinski definition) is 4. The van der Waals surface area contributed by atoms with Crippen LogP contribution >= 0.6 is 0 Å². The molecule has 1 aliphatic heterocycles. The Morgan fingerprint density at radius 2 is 1.57 bits per heavy atom. The SMILES string of the molecule is O=C(Cc1ccccc1)Oc1cccc(N2C(=O)[C@@H]3[C@@H]4C=C[C@H]([C@H]5C[C@H]45)[C@@H]3C2=O)c1. The van der Waals surface area contributed by atoms with Crippen LogP contribution in [0.1, 0.15) is 12.0 Å². The maximum absolute atomic E-state index is 13.2. The Labute approximate surface area is 174 Å². The topological polar surface area (TPSA) is 63.7 Å². The lowest BCUT2D eigenvalue weighted by Gasteiger charge is -2.37. The third kappa shape index (κ3) is 2.58. The van der Waals surface area contributed by atoms with Crippen LogP contribution in [0.2, 0.25) is 0 Å². The van der Waals surface area contributed by atoms with Gasteiger partial charge in [0.25, 0.3) is 0 Å². The largest absolute Gasteiger partial charge is 0.426 e. The van der Waals surface area contributed by atoms with Gasteiger partial charge in [-0.15, -0.1) is 0 Å². The Kier molecular flexibility index (Phi) is 3.76. The predicted octanol–water partition coefficient (Wildman–Crippen LogP) is 3.39. The van der Waals surface area contributed by atoms with Gasteiger partial charge in [0.1, 0.15) is 5.75 Å². The molecule has 0 radical (unpaired) electrons.